The number of hydrogen-bond acceptors (Lipinski definition) is 3. The lowest BCUT2D eigenvalue weighted by molar-refractivity contribution is 1.67. The summed E-state index contributed by atoms with van der Waals surface area (Å²) in [4.78, 5) is 0. The molecule has 0 rings (SSSR count). The molecule has 0 aliphatic heterocycles. The van der Waals surface area contributed by atoms with Gasteiger partial charge in [0.25, 0.3) is 0 Å². The van der Waals surface area contributed by atoms with Gasteiger partial charge in [-0.3, -0.25) is 0 Å². The first kappa shape index (κ1) is 118. The highest BCUT2D eigenvalue weighted by molar-refractivity contribution is 14.2. The first-order chi connectivity index (χ1) is 2.00. The molecule has 10 heavy (non-hydrogen) atoms. The fourth-order valence-corrected chi connectivity index (χ4v) is 0. The van der Waals surface area contributed by atoms with Crippen molar-refractivity contribution in [1.29, 1.82) is 4.78 Å². The van der Waals surface area contributed by atoms with Gasteiger partial charge in [0.05, 0.1) is 0 Å². The highest BCUT2D eigenvalue weighted by atomic mass is 127. The smallest absolute Gasteiger partial charge is 0.0324 e. The van der Waals surface area contributed by atoms with Gasteiger partial charge in [-0.25, -0.2) is 4.78 Å². The van der Waals surface area contributed by atoms with Crippen molar-refractivity contribution < 1.29 is 0 Å². The molecule has 74 valence electrons. The van der Waals surface area contributed by atoms with E-state index < -0.39 is 0 Å². The summed E-state index contributed by atoms with van der Waals surface area (Å²) < 4.78 is 5.33. The fourth-order valence-electron chi connectivity index (χ4n) is 0. The van der Waals surface area contributed by atoms with E-state index in [9.17, 15) is 0 Å². The van der Waals surface area contributed by atoms with Crippen molar-refractivity contribution in [3.8, 4) is 0 Å². The zero-order valence-corrected chi connectivity index (χ0v) is 5.60. The van der Waals surface area contributed by atoms with Gasteiger partial charge in [-0.05, 0) is 21.2 Å². The maximum Gasteiger partial charge on any atom is 0.0324 e. The Balaban J connectivity index is -0.000000000833. The predicted molar refractivity (Wildman–Crippen MR) is 73.5 cm³/mol. The van der Waals surface area contributed by atoms with Crippen molar-refractivity contribution in [1.82, 2.24) is 0 Å². The van der Waals surface area contributed by atoms with E-state index in [0.29, 0.717) is 0 Å². The zero-order valence-electron chi connectivity index (χ0n) is 1.73. The normalized spacial score (nSPS) is 1.00. The van der Waals surface area contributed by atoms with Crippen molar-refractivity contribution >= 4 is 43.4 Å². The van der Waals surface area contributed by atoms with Crippen LogP contribution in [0.5, 0.6) is 0 Å². The lowest BCUT2D eigenvalue weighted by Crippen LogP contribution is -0.668. The van der Waals surface area contributed by atoms with E-state index in [1.165, 1.54) is 0 Å². The van der Waals surface area contributed by atoms with E-state index in [0.717, 1.165) is 0 Å². The van der Waals surface area contributed by atoms with Crippen LogP contribution in [0.25, 0.3) is 0 Å². The number of thiol groups is 1. The van der Waals surface area contributed by atoms with E-state index in [1.54, 1.807) is 0 Å². The lowest BCUT2D eigenvalue weighted by Gasteiger charge is -1.06. The molecule has 0 radical (unpaired) electrons. The molecule has 0 aromatic heterocycles. The van der Waals surface area contributed by atoms with Crippen LogP contribution in [0.15, 0.2) is 0 Å². The summed E-state index contributed by atoms with van der Waals surface area (Å²) in [5.41, 5.74) is 0. The van der Waals surface area contributed by atoms with Crippen LogP contribution in [0.4, 0.5) is 0 Å². The van der Waals surface area contributed by atoms with Gasteiger partial charge in [-0.15, -0.1) is 9.80 Å². The van der Waals surface area contributed by atoms with Gasteiger partial charge < -0.3 is 0 Å². The Labute approximate surface area is 92.4 Å². The Hall–Kier alpha value is 1.10. The summed E-state index contributed by atoms with van der Waals surface area (Å²) >= 11 is 5.18. The molecule has 1 N–H and O–H groups in total. The van der Waals surface area contributed by atoms with Gasteiger partial charge >= 0.3 is 0 Å². The summed E-state index contributed by atoms with van der Waals surface area (Å²) in [5, 5.41) is 0. The molecule has 0 saturated heterocycles. The van der Waals surface area contributed by atoms with Crippen molar-refractivity contribution in [2.75, 3.05) is 0 Å². The Bertz CT molecular complexity index is 15.7. The molecule has 4 heteroatoms. The molecule has 0 bridgehead atoms. The van der Waals surface area contributed by atoms with Crippen LogP contribution in [0.2, 0.25) is 0 Å². The standard InChI is InChI=1S/6CH4.HIS.HNS/c;;;;;;2*1-2/h6*1H4;2H;1H. The molecule has 0 aromatic carbocycles. The predicted octanol–water partition coefficient (Wildman–Crippen LogP) is 5.38. The molecule has 1 nitrogen and oxygen atoms in total. The van der Waals surface area contributed by atoms with Crippen LogP contribution in [0, 0.1) is 4.78 Å². The van der Waals surface area contributed by atoms with Gasteiger partial charge in [-0.2, -0.15) is 0 Å². The minimum atomic E-state index is 0. The number of halogens is 1. The Morgan fingerprint density at radius 3 is 0.700 bits per heavy atom. The van der Waals surface area contributed by atoms with E-state index in [2.05, 4.69) is 22.2 Å². The minimum Gasteiger partial charge on any atom is -0.235 e. The fraction of sp³-hybridized carbons (Fsp3) is 1.00. The topological polar surface area (TPSA) is 23.9 Å². The van der Waals surface area contributed by atoms with Crippen molar-refractivity contribution in [2.24, 2.45) is 0 Å². The summed E-state index contributed by atoms with van der Waals surface area (Å²) in [5.74, 6) is 0. The summed E-state index contributed by atoms with van der Waals surface area (Å²) in [7, 11) is 3.50. The monoisotopic (exact) mass is 303 g/mol. The molecular formula is C6H26INS2. The number of rotatable bonds is 0. The molecular weight excluding hydrogens is 277 g/mol. The highest BCUT2D eigenvalue weighted by Crippen LogP contribution is 1.77. The third-order valence-electron chi connectivity index (χ3n) is 0. The molecule has 0 atom stereocenters. The number of hydrogen-bond donors (Lipinski definition) is 2. The molecule has 0 spiro atoms. The van der Waals surface area contributed by atoms with E-state index in [4.69, 9.17) is 4.78 Å². The Morgan fingerprint density at radius 1 is 0.700 bits per heavy atom. The largest absolute Gasteiger partial charge is 0.235 e. The van der Waals surface area contributed by atoms with E-state index >= 15 is 0 Å². The first-order valence-corrected chi connectivity index (χ1v) is 4.01. The van der Waals surface area contributed by atoms with Gasteiger partial charge in [-0.1, -0.05) is 44.6 Å². The average molecular weight is 303 g/mol. The van der Waals surface area contributed by atoms with Crippen molar-refractivity contribution in [2.45, 2.75) is 44.6 Å². The summed E-state index contributed by atoms with van der Waals surface area (Å²) in [6.07, 6.45) is 0. The third kappa shape index (κ3) is 493. The molecule has 0 fully saturated rings. The lowest BCUT2D eigenvalue weighted by atomic mass is 12.0. The van der Waals surface area contributed by atoms with E-state index in [1.807, 2.05) is 21.2 Å². The van der Waals surface area contributed by atoms with Crippen LogP contribution in [-0.2, 0) is 12.4 Å². The molecule has 0 unspecified atom stereocenters. The van der Waals surface area contributed by atoms with Crippen LogP contribution >= 0.6 is 31.0 Å². The summed E-state index contributed by atoms with van der Waals surface area (Å²) in [6, 6.07) is 0. The van der Waals surface area contributed by atoms with Crippen LogP contribution in [-0.4, -0.2) is 0 Å². The molecule has 0 aliphatic rings. The third-order valence-corrected chi connectivity index (χ3v) is 0. The van der Waals surface area contributed by atoms with Crippen molar-refractivity contribution in [3.63, 3.8) is 0 Å². The van der Waals surface area contributed by atoms with Gasteiger partial charge in [0.15, 0.2) is 0 Å². The minimum absolute atomic E-state index is 0. The Morgan fingerprint density at radius 2 is 0.700 bits per heavy atom. The van der Waals surface area contributed by atoms with Crippen LogP contribution < -0.4 is 0 Å². The SMILES string of the molecule is C.C.C.C.C.C.N=S.SI. The van der Waals surface area contributed by atoms with Crippen LogP contribution in [0.1, 0.15) is 44.6 Å². The second-order valence-corrected chi connectivity index (χ2v) is 0. The zero-order chi connectivity index (χ0) is 4.00. The van der Waals surface area contributed by atoms with Gasteiger partial charge in [0.1, 0.15) is 0 Å². The first-order valence-electron chi connectivity index (χ1n) is 0.373. The second-order valence-electron chi connectivity index (χ2n) is 0. The molecule has 0 aromatic rings. The van der Waals surface area contributed by atoms with Crippen LogP contribution in [0.3, 0.4) is 0 Å². The summed E-state index contributed by atoms with van der Waals surface area (Å²) in [6.45, 7) is 0. The molecule has 0 saturated carbocycles. The van der Waals surface area contributed by atoms with E-state index in [-0.39, 0.29) is 44.6 Å². The van der Waals surface area contributed by atoms with Gasteiger partial charge in [0, 0.05) is 12.4 Å². The van der Waals surface area contributed by atoms with Gasteiger partial charge in [0.2, 0.25) is 0 Å². The second kappa shape index (κ2) is 691. The maximum absolute atomic E-state index is 5.33. The molecule has 0 aliphatic carbocycles. The highest BCUT2D eigenvalue weighted by Gasteiger charge is 0.944. The van der Waals surface area contributed by atoms with Crippen molar-refractivity contribution in [3.05, 3.63) is 0 Å². The molecule has 0 amide bonds. The maximum atomic E-state index is 5.33. The molecule has 0 heterocycles. The average Bonchev–Trinajstić information content (AvgIpc) is 1.50. The quantitative estimate of drug-likeness (QED) is 0.455. The number of nitrogens with one attached hydrogen (secondary N) is 1. The Kier molecular flexibility index (Phi) is 8140.